The second kappa shape index (κ2) is 7.27. The van der Waals surface area contributed by atoms with Gasteiger partial charge in [-0.2, -0.15) is 0 Å². The highest BCUT2D eigenvalue weighted by Crippen LogP contribution is 2.39. The number of para-hydroxylation sites is 2. The lowest BCUT2D eigenvalue weighted by Gasteiger charge is -2.06. The minimum absolute atomic E-state index is 0.915. The van der Waals surface area contributed by atoms with E-state index in [0.29, 0.717) is 0 Å². The van der Waals surface area contributed by atoms with Gasteiger partial charge in [0.1, 0.15) is 0 Å². The van der Waals surface area contributed by atoms with Crippen molar-refractivity contribution in [2.75, 3.05) is 0 Å². The third kappa shape index (κ3) is 2.71. The zero-order valence-electron chi connectivity index (χ0n) is 21.3. The zero-order valence-corrected chi connectivity index (χ0v) is 21.3. The van der Waals surface area contributed by atoms with Crippen LogP contribution in [-0.2, 0) is 27.6 Å². The molecule has 0 aliphatic carbocycles. The monoisotopic (exact) mass is 477 g/mol. The predicted molar refractivity (Wildman–Crippen MR) is 158 cm³/mol. The van der Waals surface area contributed by atoms with E-state index >= 15 is 0 Å². The summed E-state index contributed by atoms with van der Waals surface area (Å²) in [6.07, 6.45) is 0.915. The molecule has 0 aliphatic heterocycles. The quantitative estimate of drug-likeness (QED) is 0.238. The molecule has 0 N–H and O–H groups in total. The summed E-state index contributed by atoms with van der Waals surface area (Å²) >= 11 is 0. The van der Waals surface area contributed by atoms with Gasteiger partial charge >= 0.3 is 0 Å². The molecule has 3 heteroatoms. The molecule has 0 aliphatic rings. The van der Waals surface area contributed by atoms with Gasteiger partial charge in [0.05, 0.1) is 11.0 Å². The average Bonchev–Trinajstić information content (AvgIpc) is 3.50. The lowest BCUT2D eigenvalue weighted by Crippen LogP contribution is -1.92. The highest BCUT2D eigenvalue weighted by molar-refractivity contribution is 6.25. The van der Waals surface area contributed by atoms with Crippen LogP contribution in [0.4, 0.5) is 0 Å². The fraction of sp³-hybridized carbons (Fsp3) is 0.118. The average molecular weight is 478 g/mol. The Bertz CT molecular complexity index is 2200. The first kappa shape index (κ1) is 20.7. The Kier molecular flexibility index (Phi) is 4.06. The maximum Gasteiger partial charge on any atom is 0.0590 e. The smallest absolute Gasteiger partial charge is 0.0590 e. The molecule has 0 fully saturated rings. The Labute approximate surface area is 214 Å². The summed E-state index contributed by atoms with van der Waals surface area (Å²) in [7, 11) is 6.56. The molecule has 0 spiro atoms. The molecule has 5 aromatic carbocycles. The molecule has 178 valence electrons. The summed E-state index contributed by atoms with van der Waals surface area (Å²) in [5, 5.41) is 7.95. The molecule has 8 aromatic rings. The zero-order chi connectivity index (χ0) is 24.8. The lowest BCUT2D eigenvalue weighted by molar-refractivity contribution is 1.01. The van der Waals surface area contributed by atoms with E-state index in [0.717, 1.165) is 6.42 Å². The molecule has 0 bridgehead atoms. The van der Waals surface area contributed by atoms with Crippen molar-refractivity contribution in [2.24, 2.45) is 21.1 Å². The van der Waals surface area contributed by atoms with E-state index in [2.05, 4.69) is 132 Å². The normalized spacial score (nSPS) is 12.3. The molecule has 0 saturated heterocycles. The molecule has 0 amide bonds. The van der Waals surface area contributed by atoms with E-state index in [1.54, 1.807) is 0 Å². The molecule has 37 heavy (non-hydrogen) atoms. The number of benzene rings is 5. The van der Waals surface area contributed by atoms with Gasteiger partial charge in [0.25, 0.3) is 0 Å². The van der Waals surface area contributed by atoms with Gasteiger partial charge in [0.2, 0.25) is 0 Å². The Balaban J connectivity index is 1.30. The van der Waals surface area contributed by atoms with Crippen LogP contribution in [0.25, 0.3) is 65.4 Å². The van der Waals surface area contributed by atoms with Gasteiger partial charge in [-0.25, -0.2) is 0 Å². The molecule has 3 heterocycles. The van der Waals surface area contributed by atoms with Crippen LogP contribution in [-0.4, -0.2) is 13.7 Å². The molecule has 0 atom stereocenters. The number of rotatable bonds is 2. The van der Waals surface area contributed by atoms with Gasteiger partial charge in [-0.1, -0.05) is 66.7 Å². The first-order valence-corrected chi connectivity index (χ1v) is 12.9. The topological polar surface area (TPSA) is 14.8 Å². The fourth-order valence-corrected chi connectivity index (χ4v) is 6.66. The van der Waals surface area contributed by atoms with E-state index in [4.69, 9.17) is 0 Å². The van der Waals surface area contributed by atoms with Crippen molar-refractivity contribution < 1.29 is 0 Å². The summed E-state index contributed by atoms with van der Waals surface area (Å²) in [6, 6.07) is 35.9. The van der Waals surface area contributed by atoms with Crippen LogP contribution < -0.4 is 0 Å². The van der Waals surface area contributed by atoms with Crippen LogP contribution in [0.1, 0.15) is 11.1 Å². The Morgan fingerprint density at radius 2 is 0.946 bits per heavy atom. The largest absolute Gasteiger partial charge is 0.344 e. The Morgan fingerprint density at radius 3 is 1.68 bits per heavy atom. The van der Waals surface area contributed by atoms with Gasteiger partial charge in [0, 0.05) is 75.5 Å². The van der Waals surface area contributed by atoms with Crippen molar-refractivity contribution in [1.82, 2.24) is 13.7 Å². The van der Waals surface area contributed by atoms with Crippen molar-refractivity contribution in [2.45, 2.75) is 6.42 Å². The molecular weight excluding hydrogens is 450 g/mol. The van der Waals surface area contributed by atoms with Crippen molar-refractivity contribution in [3.8, 4) is 0 Å². The summed E-state index contributed by atoms with van der Waals surface area (Å²) in [5.74, 6) is 0. The standard InChI is InChI=1S/C34H27N3/c1-35-29-11-7-5-9-27(29)33-30(35)17-16-26-25-15-13-22(20-32(25)37(3)34(26)33)18-21-12-14-24-23-8-4-6-10-28(23)36(2)31(24)19-21/h4-17,19-20H,18H2,1-3H3. The van der Waals surface area contributed by atoms with E-state index in [-0.39, 0.29) is 0 Å². The minimum Gasteiger partial charge on any atom is -0.344 e. The van der Waals surface area contributed by atoms with E-state index in [1.807, 2.05) is 0 Å². The van der Waals surface area contributed by atoms with Crippen LogP contribution in [0.5, 0.6) is 0 Å². The molecule has 3 nitrogen and oxygen atoms in total. The molecule has 0 radical (unpaired) electrons. The Morgan fingerprint density at radius 1 is 0.432 bits per heavy atom. The number of hydrogen-bond acceptors (Lipinski definition) is 0. The number of aromatic nitrogens is 3. The molecule has 3 aromatic heterocycles. The summed E-state index contributed by atoms with van der Waals surface area (Å²) in [6.45, 7) is 0. The van der Waals surface area contributed by atoms with Crippen LogP contribution in [0, 0.1) is 0 Å². The van der Waals surface area contributed by atoms with Crippen molar-refractivity contribution in [1.29, 1.82) is 0 Å². The van der Waals surface area contributed by atoms with Gasteiger partial charge in [-0.15, -0.1) is 0 Å². The van der Waals surface area contributed by atoms with Crippen LogP contribution in [0.15, 0.2) is 97.1 Å². The summed E-state index contributed by atoms with van der Waals surface area (Å²) in [5.41, 5.74) is 10.4. The second-order valence-corrected chi connectivity index (χ2v) is 10.4. The number of aryl methyl sites for hydroxylation is 3. The lowest BCUT2D eigenvalue weighted by atomic mass is 10.0. The summed E-state index contributed by atoms with van der Waals surface area (Å²) < 4.78 is 7.03. The summed E-state index contributed by atoms with van der Waals surface area (Å²) in [4.78, 5) is 0. The third-order valence-electron chi connectivity index (χ3n) is 8.49. The number of fused-ring (bicyclic) bond motifs is 10. The van der Waals surface area contributed by atoms with Gasteiger partial charge in [-0.05, 0) is 47.9 Å². The van der Waals surface area contributed by atoms with Gasteiger partial charge in [0.15, 0.2) is 0 Å². The van der Waals surface area contributed by atoms with Crippen LogP contribution >= 0.6 is 0 Å². The SMILES string of the molecule is Cn1c2ccccc2c2ccc(Cc3ccc4c5ccc6c(c7ccccc7n6C)c5n(C)c4c3)cc21. The van der Waals surface area contributed by atoms with Crippen LogP contribution in [0.3, 0.4) is 0 Å². The highest BCUT2D eigenvalue weighted by atomic mass is 15.0. The van der Waals surface area contributed by atoms with Gasteiger partial charge < -0.3 is 13.7 Å². The van der Waals surface area contributed by atoms with E-state index in [1.165, 1.54) is 76.5 Å². The maximum atomic E-state index is 2.40. The van der Waals surface area contributed by atoms with Crippen molar-refractivity contribution in [3.63, 3.8) is 0 Å². The predicted octanol–water partition coefficient (Wildman–Crippen LogP) is 8.21. The Hall–Kier alpha value is -4.50. The molecular formula is C34H27N3. The first-order chi connectivity index (χ1) is 18.1. The molecule has 0 unspecified atom stereocenters. The fourth-order valence-electron chi connectivity index (χ4n) is 6.66. The van der Waals surface area contributed by atoms with Crippen LogP contribution in [0.2, 0.25) is 0 Å². The maximum absolute atomic E-state index is 2.40. The molecule has 8 rings (SSSR count). The number of nitrogens with zero attached hydrogens (tertiary/aromatic N) is 3. The third-order valence-corrected chi connectivity index (χ3v) is 8.49. The number of hydrogen-bond donors (Lipinski definition) is 0. The van der Waals surface area contributed by atoms with Gasteiger partial charge in [-0.3, -0.25) is 0 Å². The first-order valence-electron chi connectivity index (χ1n) is 12.9. The van der Waals surface area contributed by atoms with Crippen molar-refractivity contribution in [3.05, 3.63) is 108 Å². The minimum atomic E-state index is 0.915. The second-order valence-electron chi connectivity index (χ2n) is 10.4. The van der Waals surface area contributed by atoms with Crippen molar-refractivity contribution >= 4 is 65.4 Å². The van der Waals surface area contributed by atoms with E-state index in [9.17, 15) is 0 Å². The molecule has 0 saturated carbocycles. The highest BCUT2D eigenvalue weighted by Gasteiger charge is 2.17. The van der Waals surface area contributed by atoms with E-state index < -0.39 is 0 Å².